The van der Waals surface area contributed by atoms with E-state index < -0.39 is 0 Å². The zero-order chi connectivity index (χ0) is 8.10. The SMILES string of the molecule is C=C1/C=C\C=C/COC=C1C. The monoisotopic (exact) mass is 148 g/mol. The second kappa shape index (κ2) is 3.81. The Morgan fingerprint density at radius 3 is 3.09 bits per heavy atom. The van der Waals surface area contributed by atoms with E-state index in [-0.39, 0.29) is 0 Å². The van der Waals surface area contributed by atoms with Crippen LogP contribution in [0.5, 0.6) is 0 Å². The van der Waals surface area contributed by atoms with E-state index in [1.54, 1.807) is 6.26 Å². The fourth-order valence-corrected chi connectivity index (χ4v) is 0.742. The Labute approximate surface area is 67.4 Å². The first-order valence-corrected chi connectivity index (χ1v) is 3.61. The van der Waals surface area contributed by atoms with Gasteiger partial charge in [0, 0.05) is 0 Å². The zero-order valence-corrected chi connectivity index (χ0v) is 6.71. The molecule has 0 amide bonds. The van der Waals surface area contributed by atoms with E-state index in [0.717, 1.165) is 11.1 Å². The highest BCUT2D eigenvalue weighted by Gasteiger charge is 1.92. The van der Waals surface area contributed by atoms with Crippen molar-refractivity contribution in [2.75, 3.05) is 6.61 Å². The van der Waals surface area contributed by atoms with E-state index in [0.29, 0.717) is 6.61 Å². The van der Waals surface area contributed by atoms with Crippen LogP contribution in [0.2, 0.25) is 0 Å². The third kappa shape index (κ3) is 2.46. The highest BCUT2D eigenvalue weighted by Crippen LogP contribution is 2.09. The molecular formula is C10H12O. The van der Waals surface area contributed by atoms with Crippen molar-refractivity contribution < 1.29 is 4.74 Å². The molecule has 1 aliphatic heterocycles. The molecule has 0 fully saturated rings. The molecule has 1 rings (SSSR count). The van der Waals surface area contributed by atoms with Crippen molar-refractivity contribution in [3.05, 3.63) is 48.3 Å². The number of hydrogen-bond acceptors (Lipinski definition) is 1. The molecule has 0 N–H and O–H groups in total. The largest absolute Gasteiger partial charge is 0.497 e. The number of allylic oxidation sites excluding steroid dienone is 5. The number of ether oxygens (including phenoxy) is 1. The molecule has 1 aliphatic rings. The molecule has 58 valence electrons. The van der Waals surface area contributed by atoms with Crippen molar-refractivity contribution in [3.63, 3.8) is 0 Å². The molecule has 0 aliphatic carbocycles. The van der Waals surface area contributed by atoms with Crippen molar-refractivity contribution >= 4 is 0 Å². The third-order valence-electron chi connectivity index (χ3n) is 1.50. The standard InChI is InChI=1S/C10H12O/c1-9-6-4-3-5-7-11-8-10(9)2/h3-6,8H,1,7H2,2H3/b5-3-,6-4-,10-8?. The minimum atomic E-state index is 0.634. The Balaban J connectivity index is 2.77. The molecular weight excluding hydrogens is 136 g/mol. The van der Waals surface area contributed by atoms with Crippen molar-refractivity contribution in [3.8, 4) is 0 Å². The fourth-order valence-electron chi connectivity index (χ4n) is 0.742. The zero-order valence-electron chi connectivity index (χ0n) is 6.71. The van der Waals surface area contributed by atoms with Crippen LogP contribution in [0.3, 0.4) is 0 Å². The molecule has 0 bridgehead atoms. The summed E-state index contributed by atoms with van der Waals surface area (Å²) in [6.07, 6.45) is 9.59. The highest BCUT2D eigenvalue weighted by molar-refractivity contribution is 5.36. The Morgan fingerprint density at radius 1 is 1.45 bits per heavy atom. The van der Waals surface area contributed by atoms with Crippen molar-refractivity contribution in [1.29, 1.82) is 0 Å². The molecule has 1 nitrogen and oxygen atoms in total. The summed E-state index contributed by atoms with van der Waals surface area (Å²) in [5, 5.41) is 0. The molecule has 1 heteroatoms. The van der Waals surface area contributed by atoms with Gasteiger partial charge in [-0.2, -0.15) is 0 Å². The molecule has 1 heterocycles. The first kappa shape index (κ1) is 7.86. The summed E-state index contributed by atoms with van der Waals surface area (Å²) in [6, 6.07) is 0. The Bertz CT molecular complexity index is 231. The first-order valence-electron chi connectivity index (χ1n) is 3.61. The summed E-state index contributed by atoms with van der Waals surface area (Å²) in [6.45, 7) is 6.49. The average Bonchev–Trinajstić information content (AvgIpc) is 2.07. The van der Waals surface area contributed by atoms with Crippen LogP contribution in [0.4, 0.5) is 0 Å². The minimum absolute atomic E-state index is 0.634. The van der Waals surface area contributed by atoms with Gasteiger partial charge in [0.1, 0.15) is 6.61 Å². The highest BCUT2D eigenvalue weighted by atomic mass is 16.5. The topological polar surface area (TPSA) is 9.23 Å². The van der Waals surface area contributed by atoms with E-state index in [4.69, 9.17) is 4.74 Å². The lowest BCUT2D eigenvalue weighted by Crippen LogP contribution is -1.83. The summed E-state index contributed by atoms with van der Waals surface area (Å²) in [5.74, 6) is 0. The minimum Gasteiger partial charge on any atom is -0.497 e. The maximum Gasteiger partial charge on any atom is 0.106 e. The molecule has 0 unspecified atom stereocenters. The predicted octanol–water partition coefficient (Wildman–Crippen LogP) is 2.59. The molecule has 0 saturated heterocycles. The van der Waals surface area contributed by atoms with Crippen LogP contribution in [0.1, 0.15) is 6.92 Å². The van der Waals surface area contributed by atoms with E-state index in [1.807, 2.05) is 31.2 Å². The van der Waals surface area contributed by atoms with Gasteiger partial charge in [-0.1, -0.05) is 24.8 Å². The number of hydrogen-bond donors (Lipinski definition) is 0. The molecule has 0 atom stereocenters. The molecule has 0 saturated carbocycles. The predicted molar refractivity (Wildman–Crippen MR) is 47.1 cm³/mol. The lowest BCUT2D eigenvalue weighted by atomic mass is 10.1. The molecule has 0 aromatic heterocycles. The van der Waals surface area contributed by atoms with Crippen LogP contribution in [0.15, 0.2) is 48.3 Å². The van der Waals surface area contributed by atoms with E-state index in [9.17, 15) is 0 Å². The van der Waals surface area contributed by atoms with Crippen LogP contribution in [0.25, 0.3) is 0 Å². The summed E-state index contributed by atoms with van der Waals surface area (Å²) in [4.78, 5) is 0. The lowest BCUT2D eigenvalue weighted by Gasteiger charge is -1.99. The van der Waals surface area contributed by atoms with Gasteiger partial charge in [0.2, 0.25) is 0 Å². The summed E-state index contributed by atoms with van der Waals surface area (Å²) < 4.78 is 5.19. The number of rotatable bonds is 0. The van der Waals surface area contributed by atoms with Gasteiger partial charge in [0.05, 0.1) is 6.26 Å². The summed E-state index contributed by atoms with van der Waals surface area (Å²) >= 11 is 0. The van der Waals surface area contributed by atoms with Gasteiger partial charge in [0.25, 0.3) is 0 Å². The average molecular weight is 148 g/mol. The smallest absolute Gasteiger partial charge is 0.106 e. The Hall–Kier alpha value is -1.24. The van der Waals surface area contributed by atoms with Crippen LogP contribution < -0.4 is 0 Å². The Kier molecular flexibility index (Phi) is 2.73. The normalized spacial score (nSPS) is 23.7. The summed E-state index contributed by atoms with van der Waals surface area (Å²) in [5.41, 5.74) is 2.07. The molecule has 0 radical (unpaired) electrons. The van der Waals surface area contributed by atoms with Gasteiger partial charge in [-0.15, -0.1) is 0 Å². The maximum absolute atomic E-state index is 5.19. The molecule has 0 aromatic carbocycles. The second-order valence-corrected chi connectivity index (χ2v) is 2.45. The van der Waals surface area contributed by atoms with Crippen LogP contribution in [-0.2, 0) is 4.74 Å². The van der Waals surface area contributed by atoms with Gasteiger partial charge < -0.3 is 4.74 Å². The second-order valence-electron chi connectivity index (χ2n) is 2.45. The summed E-state index contributed by atoms with van der Waals surface area (Å²) in [7, 11) is 0. The van der Waals surface area contributed by atoms with Gasteiger partial charge in [-0.25, -0.2) is 0 Å². The van der Waals surface area contributed by atoms with Gasteiger partial charge >= 0.3 is 0 Å². The van der Waals surface area contributed by atoms with E-state index in [1.165, 1.54) is 0 Å². The van der Waals surface area contributed by atoms with Crippen LogP contribution in [0, 0.1) is 0 Å². The van der Waals surface area contributed by atoms with Crippen LogP contribution >= 0.6 is 0 Å². The first-order chi connectivity index (χ1) is 5.30. The van der Waals surface area contributed by atoms with Crippen molar-refractivity contribution in [2.24, 2.45) is 0 Å². The molecule has 0 aromatic rings. The van der Waals surface area contributed by atoms with Crippen LogP contribution in [-0.4, -0.2) is 6.61 Å². The lowest BCUT2D eigenvalue weighted by molar-refractivity contribution is 0.287. The van der Waals surface area contributed by atoms with Gasteiger partial charge in [0.15, 0.2) is 0 Å². The fraction of sp³-hybridized carbons (Fsp3) is 0.200. The molecule has 0 spiro atoms. The van der Waals surface area contributed by atoms with E-state index in [2.05, 4.69) is 6.58 Å². The quantitative estimate of drug-likeness (QED) is 0.513. The Morgan fingerprint density at radius 2 is 2.27 bits per heavy atom. The van der Waals surface area contributed by atoms with Crippen molar-refractivity contribution in [2.45, 2.75) is 6.92 Å². The van der Waals surface area contributed by atoms with Gasteiger partial charge in [-0.05, 0) is 24.1 Å². The maximum atomic E-state index is 5.19. The van der Waals surface area contributed by atoms with Gasteiger partial charge in [-0.3, -0.25) is 0 Å². The van der Waals surface area contributed by atoms with Crippen molar-refractivity contribution in [1.82, 2.24) is 0 Å². The molecule has 11 heavy (non-hydrogen) atoms. The van der Waals surface area contributed by atoms with E-state index >= 15 is 0 Å². The third-order valence-corrected chi connectivity index (χ3v) is 1.50.